The number of hydrogen-bond acceptors (Lipinski definition) is 6. The smallest absolute Gasteiger partial charge is 0.407 e. The lowest BCUT2D eigenvalue weighted by atomic mass is 9.96. The molecule has 2 N–H and O–H groups in total. The first-order chi connectivity index (χ1) is 15.6. The Morgan fingerprint density at radius 1 is 1.03 bits per heavy atom. The molecule has 0 radical (unpaired) electrons. The zero-order valence-electron chi connectivity index (χ0n) is 20.4. The number of nitrogens with one attached hydrogen (secondary N) is 2. The Kier molecular flexibility index (Phi) is 9.81. The van der Waals surface area contributed by atoms with Crippen LogP contribution in [0.25, 0.3) is 0 Å². The van der Waals surface area contributed by atoms with E-state index >= 15 is 0 Å². The molecule has 33 heavy (non-hydrogen) atoms. The third-order valence-electron chi connectivity index (χ3n) is 4.96. The maximum absolute atomic E-state index is 13.1. The molecule has 9 nitrogen and oxygen atoms in total. The monoisotopic (exact) mass is 463 g/mol. The molecule has 0 saturated carbocycles. The van der Waals surface area contributed by atoms with Crippen molar-refractivity contribution < 1.29 is 28.6 Å². The van der Waals surface area contributed by atoms with Crippen LogP contribution in [-0.4, -0.2) is 67.8 Å². The summed E-state index contributed by atoms with van der Waals surface area (Å²) in [5, 5.41) is 5.45. The fourth-order valence-electron chi connectivity index (χ4n) is 3.55. The molecule has 1 aromatic carbocycles. The molecule has 2 rings (SSSR count). The number of carbonyl (C=O) groups excluding carboxylic acids is 3. The average molecular weight is 464 g/mol. The van der Waals surface area contributed by atoms with Crippen molar-refractivity contribution in [3.05, 3.63) is 23.8 Å². The highest BCUT2D eigenvalue weighted by Gasteiger charge is 2.29. The summed E-state index contributed by atoms with van der Waals surface area (Å²) in [5.74, 6) is 0.586. The van der Waals surface area contributed by atoms with Crippen molar-refractivity contribution in [3.63, 3.8) is 0 Å². The maximum atomic E-state index is 13.1. The quantitative estimate of drug-likeness (QED) is 0.546. The molecule has 9 heteroatoms. The SMILES string of the molecule is CCOc1ccc(C(=O)N2CCCC(C(=O)NCCNC(=O)OC(C)(C)C)C2)cc1OCC. The van der Waals surface area contributed by atoms with Crippen LogP contribution in [0.15, 0.2) is 18.2 Å². The van der Waals surface area contributed by atoms with E-state index in [0.717, 1.165) is 6.42 Å². The molecule has 1 unspecified atom stereocenters. The van der Waals surface area contributed by atoms with Crippen LogP contribution in [0.5, 0.6) is 11.5 Å². The van der Waals surface area contributed by atoms with E-state index in [-0.39, 0.29) is 24.3 Å². The van der Waals surface area contributed by atoms with Gasteiger partial charge in [-0.3, -0.25) is 9.59 Å². The Hall–Kier alpha value is -2.97. The molecule has 0 bridgehead atoms. The molecule has 1 aliphatic rings. The van der Waals surface area contributed by atoms with Gasteiger partial charge in [-0.15, -0.1) is 0 Å². The predicted molar refractivity (Wildman–Crippen MR) is 125 cm³/mol. The molecule has 0 aliphatic carbocycles. The minimum atomic E-state index is -0.571. The van der Waals surface area contributed by atoms with Crippen molar-refractivity contribution in [2.24, 2.45) is 5.92 Å². The van der Waals surface area contributed by atoms with Gasteiger partial charge in [0, 0.05) is 31.7 Å². The minimum Gasteiger partial charge on any atom is -0.490 e. The molecule has 184 valence electrons. The fourth-order valence-corrected chi connectivity index (χ4v) is 3.55. The van der Waals surface area contributed by atoms with Gasteiger partial charge < -0.3 is 29.7 Å². The molecule has 1 saturated heterocycles. The zero-order valence-corrected chi connectivity index (χ0v) is 20.4. The van der Waals surface area contributed by atoms with E-state index in [0.29, 0.717) is 56.3 Å². The summed E-state index contributed by atoms with van der Waals surface area (Å²) in [5.41, 5.74) is -0.0670. The van der Waals surface area contributed by atoms with Crippen molar-refractivity contribution in [2.75, 3.05) is 39.4 Å². The van der Waals surface area contributed by atoms with E-state index in [9.17, 15) is 14.4 Å². The van der Waals surface area contributed by atoms with E-state index in [4.69, 9.17) is 14.2 Å². The molecule has 1 aliphatic heterocycles. The lowest BCUT2D eigenvalue weighted by molar-refractivity contribution is -0.126. The number of alkyl carbamates (subject to hydrolysis) is 1. The van der Waals surface area contributed by atoms with Gasteiger partial charge in [0.05, 0.1) is 19.1 Å². The summed E-state index contributed by atoms with van der Waals surface area (Å²) in [7, 11) is 0. The predicted octanol–water partition coefficient (Wildman–Crippen LogP) is 2.98. The highest BCUT2D eigenvalue weighted by Crippen LogP contribution is 2.29. The van der Waals surface area contributed by atoms with E-state index < -0.39 is 11.7 Å². The van der Waals surface area contributed by atoms with Gasteiger partial charge in [0.1, 0.15) is 5.60 Å². The molecule has 3 amide bonds. The van der Waals surface area contributed by atoms with Crippen LogP contribution in [0, 0.1) is 5.92 Å². The highest BCUT2D eigenvalue weighted by atomic mass is 16.6. The van der Waals surface area contributed by atoms with Gasteiger partial charge in [0.2, 0.25) is 5.91 Å². The minimum absolute atomic E-state index is 0.125. The Balaban J connectivity index is 1.89. The molecule has 1 fully saturated rings. The Bertz CT molecular complexity index is 821. The summed E-state index contributed by atoms with van der Waals surface area (Å²) < 4.78 is 16.4. The third-order valence-corrected chi connectivity index (χ3v) is 4.96. The summed E-state index contributed by atoms with van der Waals surface area (Å²) >= 11 is 0. The summed E-state index contributed by atoms with van der Waals surface area (Å²) in [6, 6.07) is 5.16. The number of nitrogens with zero attached hydrogens (tertiary/aromatic N) is 1. The van der Waals surface area contributed by atoms with Crippen molar-refractivity contribution in [1.29, 1.82) is 0 Å². The Labute approximate surface area is 196 Å². The van der Waals surface area contributed by atoms with E-state index in [2.05, 4.69) is 10.6 Å². The van der Waals surface area contributed by atoms with Gasteiger partial charge in [0.25, 0.3) is 5.91 Å². The topological polar surface area (TPSA) is 106 Å². The highest BCUT2D eigenvalue weighted by molar-refractivity contribution is 5.95. The number of rotatable bonds is 9. The molecular formula is C24H37N3O6. The van der Waals surface area contributed by atoms with Crippen molar-refractivity contribution in [1.82, 2.24) is 15.5 Å². The zero-order chi connectivity index (χ0) is 24.4. The maximum Gasteiger partial charge on any atom is 0.407 e. The first-order valence-electron chi connectivity index (χ1n) is 11.6. The lowest BCUT2D eigenvalue weighted by Crippen LogP contribution is -2.46. The van der Waals surface area contributed by atoms with Crippen LogP contribution in [0.1, 0.15) is 57.8 Å². The number of likely N-dealkylation sites (tertiary alicyclic amines) is 1. The Morgan fingerprint density at radius 2 is 1.70 bits per heavy atom. The third kappa shape index (κ3) is 8.47. The first-order valence-corrected chi connectivity index (χ1v) is 11.6. The van der Waals surface area contributed by atoms with Crippen LogP contribution < -0.4 is 20.1 Å². The van der Waals surface area contributed by atoms with E-state index in [1.807, 2.05) is 13.8 Å². The Morgan fingerprint density at radius 3 is 2.36 bits per heavy atom. The summed E-state index contributed by atoms with van der Waals surface area (Å²) in [4.78, 5) is 39.1. The standard InChI is InChI=1S/C24H37N3O6/c1-6-31-19-11-10-17(15-20(19)32-7-2)22(29)27-14-8-9-18(16-27)21(28)25-12-13-26-23(30)33-24(3,4)5/h10-11,15,18H,6-9,12-14,16H2,1-5H3,(H,25,28)(H,26,30). The number of carbonyl (C=O) groups is 3. The second-order valence-corrected chi connectivity index (χ2v) is 8.84. The van der Waals surface area contributed by atoms with Gasteiger partial charge in [-0.2, -0.15) is 0 Å². The van der Waals surface area contributed by atoms with Crippen LogP contribution in [0.2, 0.25) is 0 Å². The van der Waals surface area contributed by atoms with E-state index in [1.165, 1.54) is 0 Å². The molecule has 1 heterocycles. The molecule has 0 spiro atoms. The summed E-state index contributed by atoms with van der Waals surface area (Å²) in [6.07, 6.45) is 0.936. The largest absolute Gasteiger partial charge is 0.490 e. The fraction of sp³-hybridized carbons (Fsp3) is 0.625. The van der Waals surface area contributed by atoms with Gasteiger partial charge in [-0.25, -0.2) is 4.79 Å². The van der Waals surface area contributed by atoms with Crippen molar-refractivity contribution in [2.45, 2.75) is 53.1 Å². The van der Waals surface area contributed by atoms with Gasteiger partial charge in [-0.1, -0.05) is 0 Å². The lowest BCUT2D eigenvalue weighted by Gasteiger charge is -2.32. The second kappa shape index (κ2) is 12.3. The average Bonchev–Trinajstić information content (AvgIpc) is 2.76. The van der Waals surface area contributed by atoms with Crippen LogP contribution in [-0.2, 0) is 9.53 Å². The van der Waals surface area contributed by atoms with Crippen LogP contribution in [0.4, 0.5) is 4.79 Å². The van der Waals surface area contributed by atoms with Gasteiger partial charge >= 0.3 is 6.09 Å². The number of benzene rings is 1. The van der Waals surface area contributed by atoms with Gasteiger partial charge in [-0.05, 0) is 65.7 Å². The van der Waals surface area contributed by atoms with E-state index in [1.54, 1.807) is 43.9 Å². The van der Waals surface area contributed by atoms with Gasteiger partial charge in [0.15, 0.2) is 11.5 Å². The van der Waals surface area contributed by atoms with Crippen LogP contribution >= 0.6 is 0 Å². The first kappa shape index (κ1) is 26.3. The number of amides is 3. The van der Waals surface area contributed by atoms with Crippen LogP contribution in [0.3, 0.4) is 0 Å². The van der Waals surface area contributed by atoms with Crippen molar-refractivity contribution >= 4 is 17.9 Å². The second-order valence-electron chi connectivity index (χ2n) is 8.84. The normalized spacial score (nSPS) is 16.0. The molecular weight excluding hydrogens is 426 g/mol. The van der Waals surface area contributed by atoms with Crippen molar-refractivity contribution in [3.8, 4) is 11.5 Å². The molecule has 1 atom stereocenters. The number of piperidine rings is 1. The summed E-state index contributed by atoms with van der Waals surface area (Å²) in [6.45, 7) is 11.6. The molecule has 1 aromatic rings. The number of ether oxygens (including phenoxy) is 3. The molecule has 0 aromatic heterocycles. The number of hydrogen-bond donors (Lipinski definition) is 2.